The van der Waals surface area contributed by atoms with Gasteiger partial charge in [-0.05, 0) is 19.1 Å². The van der Waals surface area contributed by atoms with Gasteiger partial charge in [-0.1, -0.05) is 0 Å². The zero-order valence-electron chi connectivity index (χ0n) is 6.83. The molecule has 0 heterocycles. The first-order valence-electron chi connectivity index (χ1n) is 3.40. The van der Waals surface area contributed by atoms with Gasteiger partial charge in [-0.25, -0.2) is 0 Å². The van der Waals surface area contributed by atoms with E-state index in [1.165, 1.54) is 6.92 Å². The van der Waals surface area contributed by atoms with Gasteiger partial charge in [0.05, 0.1) is 6.42 Å². The average Bonchev–Trinajstić information content (AvgIpc) is 1.82. The lowest BCUT2D eigenvalue weighted by Crippen LogP contribution is -2.40. The molecular formula is C6H11F3N2S. The summed E-state index contributed by atoms with van der Waals surface area (Å²) < 4.78 is 35.3. The highest BCUT2D eigenvalue weighted by Gasteiger charge is 2.29. The van der Waals surface area contributed by atoms with Gasteiger partial charge in [0.15, 0.2) is 5.11 Å². The van der Waals surface area contributed by atoms with E-state index in [1.54, 1.807) is 7.05 Å². The van der Waals surface area contributed by atoms with Crippen LogP contribution in [0.5, 0.6) is 0 Å². The molecule has 1 atom stereocenters. The molecule has 0 spiro atoms. The molecule has 0 aromatic heterocycles. The second-order valence-corrected chi connectivity index (χ2v) is 2.85. The van der Waals surface area contributed by atoms with Crippen LogP contribution in [0.2, 0.25) is 0 Å². The molecule has 0 aliphatic heterocycles. The quantitative estimate of drug-likeness (QED) is 0.659. The largest absolute Gasteiger partial charge is 0.391 e. The van der Waals surface area contributed by atoms with Crippen molar-refractivity contribution >= 4 is 17.3 Å². The smallest absolute Gasteiger partial charge is 0.366 e. The van der Waals surface area contributed by atoms with Crippen LogP contribution in [-0.4, -0.2) is 24.4 Å². The van der Waals surface area contributed by atoms with Crippen LogP contribution in [0.15, 0.2) is 0 Å². The summed E-state index contributed by atoms with van der Waals surface area (Å²) in [5.41, 5.74) is 0. The summed E-state index contributed by atoms with van der Waals surface area (Å²) in [5.74, 6) is 0. The molecule has 0 saturated carbocycles. The van der Waals surface area contributed by atoms with Gasteiger partial charge in [0.1, 0.15) is 0 Å². The predicted molar refractivity (Wildman–Crippen MR) is 44.9 cm³/mol. The molecule has 12 heavy (non-hydrogen) atoms. The third kappa shape index (κ3) is 6.21. The van der Waals surface area contributed by atoms with E-state index in [9.17, 15) is 13.2 Å². The summed E-state index contributed by atoms with van der Waals surface area (Å²) in [5, 5.41) is 5.25. The van der Waals surface area contributed by atoms with Crippen molar-refractivity contribution < 1.29 is 13.2 Å². The van der Waals surface area contributed by atoms with Crippen molar-refractivity contribution in [1.29, 1.82) is 0 Å². The summed E-state index contributed by atoms with van der Waals surface area (Å²) in [6, 6.07) is -0.690. The Hall–Kier alpha value is -0.520. The normalized spacial score (nSPS) is 13.8. The van der Waals surface area contributed by atoms with Crippen LogP contribution in [-0.2, 0) is 0 Å². The van der Waals surface area contributed by atoms with E-state index in [-0.39, 0.29) is 5.11 Å². The van der Waals surface area contributed by atoms with Crippen LogP contribution < -0.4 is 10.6 Å². The summed E-state index contributed by atoms with van der Waals surface area (Å²) in [6.45, 7) is 1.43. The van der Waals surface area contributed by atoms with Crippen molar-refractivity contribution in [1.82, 2.24) is 10.6 Å². The highest BCUT2D eigenvalue weighted by Crippen LogP contribution is 2.21. The van der Waals surface area contributed by atoms with Crippen LogP contribution >= 0.6 is 12.2 Å². The lowest BCUT2D eigenvalue weighted by molar-refractivity contribution is -0.138. The summed E-state index contributed by atoms with van der Waals surface area (Å²) >= 11 is 4.63. The molecule has 0 rings (SSSR count). The van der Waals surface area contributed by atoms with Crippen LogP contribution in [0.3, 0.4) is 0 Å². The second-order valence-electron chi connectivity index (χ2n) is 2.44. The molecule has 72 valence electrons. The Labute approximate surface area is 74.5 Å². The van der Waals surface area contributed by atoms with Gasteiger partial charge in [0.2, 0.25) is 0 Å². The van der Waals surface area contributed by atoms with E-state index in [4.69, 9.17) is 0 Å². The van der Waals surface area contributed by atoms with Gasteiger partial charge < -0.3 is 10.6 Å². The van der Waals surface area contributed by atoms with E-state index in [1.807, 2.05) is 0 Å². The molecule has 0 aromatic carbocycles. The SMILES string of the molecule is CNC(=S)NC(C)CC(F)(F)F. The van der Waals surface area contributed by atoms with E-state index in [0.29, 0.717) is 0 Å². The standard InChI is InChI=1S/C6H11F3N2S/c1-4(3-6(7,8)9)11-5(12)10-2/h4H,3H2,1-2H3,(H2,10,11,12). The molecule has 0 aromatic rings. The third-order valence-corrected chi connectivity index (χ3v) is 1.46. The first kappa shape index (κ1) is 11.5. The molecule has 0 fully saturated rings. The number of alkyl halides is 3. The number of halogens is 3. The number of hydrogen-bond donors (Lipinski definition) is 2. The highest BCUT2D eigenvalue weighted by molar-refractivity contribution is 7.80. The topological polar surface area (TPSA) is 24.1 Å². The molecule has 2 N–H and O–H groups in total. The average molecular weight is 200 g/mol. The fourth-order valence-corrected chi connectivity index (χ4v) is 0.895. The maximum atomic E-state index is 11.8. The van der Waals surface area contributed by atoms with Crippen molar-refractivity contribution in [3.05, 3.63) is 0 Å². The molecule has 0 amide bonds. The van der Waals surface area contributed by atoms with Crippen molar-refractivity contribution in [2.75, 3.05) is 7.05 Å². The maximum Gasteiger partial charge on any atom is 0.391 e. The van der Waals surface area contributed by atoms with Crippen molar-refractivity contribution in [3.8, 4) is 0 Å². The van der Waals surface area contributed by atoms with Gasteiger partial charge in [-0.15, -0.1) is 0 Å². The van der Waals surface area contributed by atoms with Gasteiger partial charge in [-0.3, -0.25) is 0 Å². The third-order valence-electron chi connectivity index (χ3n) is 1.14. The van der Waals surface area contributed by atoms with Crippen LogP contribution in [0.25, 0.3) is 0 Å². The Morgan fingerprint density at radius 2 is 2.00 bits per heavy atom. The van der Waals surface area contributed by atoms with E-state index < -0.39 is 18.6 Å². The van der Waals surface area contributed by atoms with Crippen molar-refractivity contribution in [3.63, 3.8) is 0 Å². The van der Waals surface area contributed by atoms with E-state index in [0.717, 1.165) is 0 Å². The van der Waals surface area contributed by atoms with Gasteiger partial charge in [-0.2, -0.15) is 13.2 Å². The Morgan fingerprint density at radius 3 is 2.33 bits per heavy atom. The highest BCUT2D eigenvalue weighted by atomic mass is 32.1. The Balaban J connectivity index is 3.74. The summed E-state index contributed by atoms with van der Waals surface area (Å²) in [4.78, 5) is 0. The Morgan fingerprint density at radius 1 is 1.50 bits per heavy atom. The Bertz CT molecular complexity index is 157. The van der Waals surface area contributed by atoms with Crippen molar-refractivity contribution in [2.24, 2.45) is 0 Å². The molecule has 6 heteroatoms. The van der Waals surface area contributed by atoms with Gasteiger partial charge in [0, 0.05) is 13.1 Å². The summed E-state index contributed by atoms with van der Waals surface area (Å²) in [6.07, 6.45) is -5.02. The fourth-order valence-electron chi connectivity index (χ4n) is 0.694. The number of hydrogen-bond acceptors (Lipinski definition) is 1. The molecule has 1 unspecified atom stereocenters. The molecular weight excluding hydrogens is 189 g/mol. The number of rotatable bonds is 2. The molecule has 0 radical (unpaired) electrons. The Kier molecular flexibility index (Phi) is 4.30. The van der Waals surface area contributed by atoms with Crippen LogP contribution in [0.1, 0.15) is 13.3 Å². The minimum atomic E-state index is -4.14. The molecule has 0 bridgehead atoms. The number of nitrogens with one attached hydrogen (secondary N) is 2. The second kappa shape index (κ2) is 4.49. The molecule has 0 aliphatic carbocycles. The minimum absolute atomic E-state index is 0.228. The first-order chi connectivity index (χ1) is 5.35. The van der Waals surface area contributed by atoms with E-state index in [2.05, 4.69) is 22.9 Å². The molecule has 2 nitrogen and oxygen atoms in total. The lowest BCUT2D eigenvalue weighted by Gasteiger charge is -2.16. The lowest BCUT2D eigenvalue weighted by atomic mass is 10.2. The fraction of sp³-hybridized carbons (Fsp3) is 0.833. The molecule has 0 saturated heterocycles. The van der Waals surface area contributed by atoms with E-state index >= 15 is 0 Å². The zero-order chi connectivity index (χ0) is 9.78. The molecule has 0 aliphatic rings. The monoisotopic (exact) mass is 200 g/mol. The zero-order valence-corrected chi connectivity index (χ0v) is 7.64. The maximum absolute atomic E-state index is 11.8. The number of thiocarbonyl (C=S) groups is 1. The van der Waals surface area contributed by atoms with Crippen LogP contribution in [0, 0.1) is 0 Å². The van der Waals surface area contributed by atoms with Gasteiger partial charge in [0.25, 0.3) is 0 Å². The predicted octanol–water partition coefficient (Wildman–Crippen LogP) is 1.42. The van der Waals surface area contributed by atoms with Gasteiger partial charge >= 0.3 is 6.18 Å². The van der Waals surface area contributed by atoms with Crippen molar-refractivity contribution in [2.45, 2.75) is 25.6 Å². The minimum Gasteiger partial charge on any atom is -0.366 e. The first-order valence-corrected chi connectivity index (χ1v) is 3.81. The van der Waals surface area contributed by atoms with Crippen LogP contribution in [0.4, 0.5) is 13.2 Å². The summed E-state index contributed by atoms with van der Waals surface area (Å²) in [7, 11) is 1.55.